The molecule has 4 rings (SSSR count). The number of furan rings is 1. The molecule has 0 saturated carbocycles. The number of aromatic nitrogens is 2. The zero-order chi connectivity index (χ0) is 20.6. The predicted molar refractivity (Wildman–Crippen MR) is 119 cm³/mol. The van der Waals surface area contributed by atoms with E-state index in [2.05, 4.69) is 50.6 Å². The molecule has 1 atom stereocenters. The van der Waals surface area contributed by atoms with Crippen molar-refractivity contribution in [3.8, 4) is 11.3 Å². The fourth-order valence-corrected chi connectivity index (χ4v) is 3.84. The number of aromatic amines is 1. The second-order valence-corrected chi connectivity index (χ2v) is 7.46. The molecule has 7 nitrogen and oxygen atoms in total. The molecule has 0 spiro atoms. The molecule has 1 fully saturated rings. The normalized spacial score (nSPS) is 16.0. The molecule has 2 aromatic heterocycles. The highest BCUT2D eigenvalue weighted by atomic mass is 16.3. The molecule has 7 heteroatoms. The zero-order valence-electron chi connectivity index (χ0n) is 17.5. The maximum atomic E-state index is 5.72. The van der Waals surface area contributed by atoms with Gasteiger partial charge in [-0.3, -0.25) is 4.90 Å². The first-order chi connectivity index (χ1) is 14.8. The second kappa shape index (κ2) is 10.1. The van der Waals surface area contributed by atoms with Crippen molar-refractivity contribution in [2.75, 3.05) is 26.2 Å². The van der Waals surface area contributed by atoms with Gasteiger partial charge in [0.05, 0.1) is 24.2 Å². The van der Waals surface area contributed by atoms with Crippen molar-refractivity contribution in [2.24, 2.45) is 4.99 Å². The number of nitrogens with one attached hydrogen (secondary N) is 3. The van der Waals surface area contributed by atoms with Gasteiger partial charge in [0, 0.05) is 13.1 Å². The lowest BCUT2D eigenvalue weighted by Crippen LogP contribution is -2.42. The van der Waals surface area contributed by atoms with E-state index < -0.39 is 0 Å². The van der Waals surface area contributed by atoms with Gasteiger partial charge in [-0.25, -0.2) is 9.98 Å². The summed E-state index contributed by atoms with van der Waals surface area (Å²) >= 11 is 0. The van der Waals surface area contributed by atoms with E-state index in [9.17, 15) is 0 Å². The summed E-state index contributed by atoms with van der Waals surface area (Å²) in [4.78, 5) is 15.0. The van der Waals surface area contributed by atoms with Crippen molar-refractivity contribution in [2.45, 2.75) is 32.4 Å². The van der Waals surface area contributed by atoms with Crippen LogP contribution < -0.4 is 10.6 Å². The van der Waals surface area contributed by atoms with Gasteiger partial charge in [0.2, 0.25) is 0 Å². The number of aliphatic imine (C=N–C) groups is 1. The van der Waals surface area contributed by atoms with Crippen molar-refractivity contribution >= 4 is 5.96 Å². The molecule has 1 aromatic carbocycles. The number of H-pyrrole nitrogens is 1. The summed E-state index contributed by atoms with van der Waals surface area (Å²) in [6, 6.07) is 14.4. The van der Waals surface area contributed by atoms with Crippen LogP contribution in [0.15, 0.2) is 64.3 Å². The Labute approximate surface area is 177 Å². The molecule has 1 saturated heterocycles. The van der Waals surface area contributed by atoms with Crippen molar-refractivity contribution in [1.29, 1.82) is 0 Å². The molecule has 1 unspecified atom stereocenters. The summed E-state index contributed by atoms with van der Waals surface area (Å²) in [5.41, 5.74) is 2.13. The lowest BCUT2D eigenvalue weighted by atomic mass is 10.2. The summed E-state index contributed by atoms with van der Waals surface area (Å²) in [5.74, 6) is 2.62. The van der Waals surface area contributed by atoms with Gasteiger partial charge >= 0.3 is 0 Å². The highest BCUT2D eigenvalue weighted by Crippen LogP contribution is 2.24. The highest BCUT2D eigenvalue weighted by molar-refractivity contribution is 5.79. The van der Waals surface area contributed by atoms with E-state index in [0.717, 1.165) is 55.0 Å². The number of benzene rings is 1. The van der Waals surface area contributed by atoms with Gasteiger partial charge in [-0.05, 0) is 50.6 Å². The van der Waals surface area contributed by atoms with Crippen LogP contribution in [0.2, 0.25) is 0 Å². The molecule has 0 amide bonds. The van der Waals surface area contributed by atoms with E-state index in [4.69, 9.17) is 9.41 Å². The van der Waals surface area contributed by atoms with E-state index in [1.54, 1.807) is 6.26 Å². The average Bonchev–Trinajstić information content (AvgIpc) is 3.56. The standard InChI is InChI=1S/C23H30N6O/c1-2-24-23(26-16-20(21-11-8-14-30-21)29-12-6-7-13-29)27-17-22-25-15-19(28-22)18-9-4-3-5-10-18/h3-5,8-11,14-15,20H,2,6-7,12-13,16-17H2,1H3,(H,25,28)(H2,24,26,27). The lowest BCUT2D eigenvalue weighted by Gasteiger charge is -2.26. The third kappa shape index (κ3) is 5.10. The second-order valence-electron chi connectivity index (χ2n) is 7.46. The molecule has 1 aliphatic rings. The molecule has 0 bridgehead atoms. The highest BCUT2D eigenvalue weighted by Gasteiger charge is 2.25. The van der Waals surface area contributed by atoms with Crippen LogP contribution in [0.5, 0.6) is 0 Å². The Kier molecular flexibility index (Phi) is 6.82. The van der Waals surface area contributed by atoms with Crippen LogP contribution in [-0.4, -0.2) is 47.0 Å². The smallest absolute Gasteiger partial charge is 0.191 e. The zero-order valence-corrected chi connectivity index (χ0v) is 17.5. The van der Waals surface area contributed by atoms with E-state index in [1.165, 1.54) is 12.8 Å². The van der Waals surface area contributed by atoms with E-state index in [0.29, 0.717) is 6.54 Å². The van der Waals surface area contributed by atoms with Gasteiger partial charge in [0.1, 0.15) is 18.1 Å². The van der Waals surface area contributed by atoms with Crippen LogP contribution in [0.4, 0.5) is 0 Å². The minimum absolute atomic E-state index is 0.208. The first kappa shape index (κ1) is 20.2. The number of nitrogens with zero attached hydrogens (tertiary/aromatic N) is 3. The predicted octanol–water partition coefficient (Wildman–Crippen LogP) is 3.56. The summed E-state index contributed by atoms with van der Waals surface area (Å²) in [7, 11) is 0. The van der Waals surface area contributed by atoms with E-state index in [-0.39, 0.29) is 6.04 Å². The van der Waals surface area contributed by atoms with Gasteiger partial charge in [0.15, 0.2) is 5.96 Å². The van der Waals surface area contributed by atoms with Crippen LogP contribution in [0, 0.1) is 0 Å². The fourth-order valence-electron chi connectivity index (χ4n) is 3.84. The van der Waals surface area contributed by atoms with E-state index in [1.807, 2.05) is 30.5 Å². The summed E-state index contributed by atoms with van der Waals surface area (Å²) in [5, 5.41) is 6.82. The van der Waals surface area contributed by atoms with Crippen molar-refractivity contribution in [3.63, 3.8) is 0 Å². The van der Waals surface area contributed by atoms with Crippen LogP contribution in [0.1, 0.15) is 37.4 Å². The van der Waals surface area contributed by atoms with Crippen LogP contribution in [0.25, 0.3) is 11.3 Å². The molecule has 0 aliphatic carbocycles. The Morgan fingerprint density at radius 3 is 2.73 bits per heavy atom. The number of guanidine groups is 1. The van der Waals surface area contributed by atoms with Gasteiger partial charge in [-0.2, -0.15) is 0 Å². The molecule has 3 N–H and O–H groups in total. The SMILES string of the molecule is CCNC(=NCc1ncc(-c2ccccc2)[nH]1)NCC(c1ccco1)N1CCCC1. The minimum Gasteiger partial charge on any atom is -0.468 e. The molecule has 30 heavy (non-hydrogen) atoms. The molecule has 1 aliphatic heterocycles. The number of hydrogen-bond acceptors (Lipinski definition) is 4. The summed E-state index contributed by atoms with van der Waals surface area (Å²) in [6.07, 6.45) is 6.10. The lowest BCUT2D eigenvalue weighted by molar-refractivity contribution is 0.215. The summed E-state index contributed by atoms with van der Waals surface area (Å²) < 4.78 is 5.72. The molecule has 158 valence electrons. The van der Waals surface area contributed by atoms with Crippen LogP contribution in [-0.2, 0) is 6.54 Å². The van der Waals surface area contributed by atoms with E-state index >= 15 is 0 Å². The number of imidazole rings is 1. The van der Waals surface area contributed by atoms with Crippen molar-refractivity contribution in [3.05, 3.63) is 66.5 Å². The van der Waals surface area contributed by atoms with Gasteiger partial charge in [0.25, 0.3) is 0 Å². The Balaban J connectivity index is 1.40. The average molecular weight is 407 g/mol. The molecule has 0 radical (unpaired) electrons. The fraction of sp³-hybridized carbons (Fsp3) is 0.391. The molecular formula is C23H30N6O. The van der Waals surface area contributed by atoms with Crippen molar-refractivity contribution in [1.82, 2.24) is 25.5 Å². The topological polar surface area (TPSA) is 81.5 Å². The minimum atomic E-state index is 0.208. The van der Waals surface area contributed by atoms with Crippen molar-refractivity contribution < 1.29 is 4.42 Å². The molecular weight excluding hydrogens is 376 g/mol. The maximum absolute atomic E-state index is 5.72. The Hall–Kier alpha value is -3.06. The van der Waals surface area contributed by atoms with Crippen LogP contribution in [0.3, 0.4) is 0 Å². The first-order valence-corrected chi connectivity index (χ1v) is 10.7. The molecule has 3 aromatic rings. The first-order valence-electron chi connectivity index (χ1n) is 10.7. The number of hydrogen-bond donors (Lipinski definition) is 3. The van der Waals surface area contributed by atoms with Crippen LogP contribution >= 0.6 is 0 Å². The Morgan fingerprint density at radius 1 is 1.17 bits per heavy atom. The third-order valence-electron chi connectivity index (χ3n) is 5.36. The Morgan fingerprint density at radius 2 is 2.00 bits per heavy atom. The number of likely N-dealkylation sites (tertiary alicyclic amines) is 1. The quantitative estimate of drug-likeness (QED) is 0.394. The molecule has 3 heterocycles. The number of rotatable bonds is 8. The summed E-state index contributed by atoms with van der Waals surface area (Å²) in [6.45, 7) is 6.31. The van der Waals surface area contributed by atoms with Gasteiger partial charge in [-0.1, -0.05) is 30.3 Å². The largest absolute Gasteiger partial charge is 0.468 e. The monoisotopic (exact) mass is 406 g/mol. The third-order valence-corrected chi connectivity index (χ3v) is 5.36. The maximum Gasteiger partial charge on any atom is 0.191 e. The van der Waals surface area contributed by atoms with Gasteiger partial charge in [-0.15, -0.1) is 0 Å². The Bertz CT molecular complexity index is 912. The van der Waals surface area contributed by atoms with Gasteiger partial charge < -0.3 is 20.0 Å².